The predicted molar refractivity (Wildman–Crippen MR) is 42.2 cm³/mol. The molecule has 0 bridgehead atoms. The highest BCUT2D eigenvalue weighted by Gasteiger charge is 2.20. The van der Waals surface area contributed by atoms with E-state index in [-0.39, 0.29) is 0 Å². The molecule has 0 spiro atoms. The minimum atomic E-state index is -3.20. The number of hydrogen-bond donors (Lipinski definition) is 2. The van der Waals surface area contributed by atoms with Crippen LogP contribution in [-0.4, -0.2) is 39.5 Å². The minimum Gasteiger partial charge on any atom is -0.303 e. The summed E-state index contributed by atoms with van der Waals surface area (Å²) in [5.74, 6) is 0. The van der Waals surface area contributed by atoms with Crippen molar-refractivity contribution in [2.24, 2.45) is 0 Å². The van der Waals surface area contributed by atoms with Crippen molar-refractivity contribution in [3.05, 3.63) is 0 Å². The van der Waals surface area contributed by atoms with E-state index in [0.29, 0.717) is 13.2 Å². The summed E-state index contributed by atoms with van der Waals surface area (Å²) < 4.78 is 25.9. The van der Waals surface area contributed by atoms with Crippen LogP contribution in [-0.2, 0) is 10.2 Å². The third kappa shape index (κ3) is 2.13. The van der Waals surface area contributed by atoms with E-state index < -0.39 is 10.2 Å². The zero-order valence-electron chi connectivity index (χ0n) is 6.50. The van der Waals surface area contributed by atoms with E-state index in [1.165, 1.54) is 11.4 Å². The Hall–Kier alpha value is -0.170. The molecule has 0 aromatic heterocycles. The standard InChI is InChI=1S/C5H13N3O2S/c1-6-11(9,10)8-4-2-3-7-5-8/h6-7H,2-5H2,1H3. The molecule has 1 rings (SSSR count). The summed E-state index contributed by atoms with van der Waals surface area (Å²) in [4.78, 5) is 0. The van der Waals surface area contributed by atoms with E-state index in [0.717, 1.165) is 13.0 Å². The van der Waals surface area contributed by atoms with Crippen molar-refractivity contribution in [3.63, 3.8) is 0 Å². The Bertz CT molecular complexity index is 208. The number of nitrogens with one attached hydrogen (secondary N) is 2. The molecule has 66 valence electrons. The van der Waals surface area contributed by atoms with Gasteiger partial charge in [-0.05, 0) is 13.0 Å². The van der Waals surface area contributed by atoms with Gasteiger partial charge in [0.1, 0.15) is 0 Å². The zero-order valence-corrected chi connectivity index (χ0v) is 7.32. The van der Waals surface area contributed by atoms with E-state index in [1.54, 1.807) is 0 Å². The highest BCUT2D eigenvalue weighted by Crippen LogP contribution is 2.00. The molecule has 0 aromatic rings. The van der Waals surface area contributed by atoms with Gasteiger partial charge in [-0.3, -0.25) is 0 Å². The molecule has 2 N–H and O–H groups in total. The quantitative estimate of drug-likeness (QED) is 0.554. The van der Waals surface area contributed by atoms with Crippen LogP contribution < -0.4 is 10.0 Å². The molecular weight excluding hydrogens is 166 g/mol. The number of rotatable bonds is 2. The molecule has 0 amide bonds. The largest absolute Gasteiger partial charge is 0.303 e. The molecule has 5 nitrogen and oxygen atoms in total. The van der Waals surface area contributed by atoms with Crippen molar-refractivity contribution in [2.75, 3.05) is 26.8 Å². The highest BCUT2D eigenvalue weighted by molar-refractivity contribution is 7.87. The second-order valence-electron chi connectivity index (χ2n) is 2.40. The average Bonchev–Trinajstić information content (AvgIpc) is 2.06. The van der Waals surface area contributed by atoms with Crippen LogP contribution in [0.4, 0.5) is 0 Å². The van der Waals surface area contributed by atoms with Gasteiger partial charge in [-0.2, -0.15) is 12.7 Å². The summed E-state index contributed by atoms with van der Waals surface area (Å²) in [7, 11) is -1.78. The summed E-state index contributed by atoms with van der Waals surface area (Å²) in [6.45, 7) is 1.93. The molecule has 1 fully saturated rings. The Balaban J connectivity index is 2.58. The zero-order chi connectivity index (χ0) is 8.32. The lowest BCUT2D eigenvalue weighted by molar-refractivity contribution is 0.327. The van der Waals surface area contributed by atoms with Gasteiger partial charge in [0.2, 0.25) is 0 Å². The molecule has 6 heteroatoms. The molecule has 0 saturated carbocycles. The second kappa shape index (κ2) is 3.48. The van der Waals surface area contributed by atoms with E-state index in [9.17, 15) is 8.42 Å². The molecule has 0 radical (unpaired) electrons. The molecule has 0 aliphatic carbocycles. The molecule has 1 saturated heterocycles. The fourth-order valence-corrected chi connectivity index (χ4v) is 1.89. The Morgan fingerprint density at radius 2 is 2.27 bits per heavy atom. The normalized spacial score (nSPS) is 21.9. The number of hydrogen-bond acceptors (Lipinski definition) is 3. The van der Waals surface area contributed by atoms with Crippen molar-refractivity contribution in [1.82, 2.24) is 14.3 Å². The Morgan fingerprint density at radius 3 is 2.73 bits per heavy atom. The Morgan fingerprint density at radius 1 is 1.55 bits per heavy atom. The first-order chi connectivity index (χ1) is 5.17. The summed E-state index contributed by atoms with van der Waals surface area (Å²) >= 11 is 0. The third-order valence-electron chi connectivity index (χ3n) is 1.65. The number of nitrogens with zero attached hydrogens (tertiary/aromatic N) is 1. The van der Waals surface area contributed by atoms with Gasteiger partial charge >= 0.3 is 0 Å². The lowest BCUT2D eigenvalue weighted by atomic mass is 10.4. The first-order valence-electron chi connectivity index (χ1n) is 3.56. The van der Waals surface area contributed by atoms with Gasteiger partial charge in [0, 0.05) is 13.6 Å². The SMILES string of the molecule is CNS(=O)(=O)N1CCCNC1. The lowest BCUT2D eigenvalue weighted by Crippen LogP contribution is -2.48. The van der Waals surface area contributed by atoms with Gasteiger partial charge in [-0.15, -0.1) is 0 Å². The monoisotopic (exact) mass is 179 g/mol. The predicted octanol–water partition coefficient (Wildman–Crippen LogP) is -1.30. The van der Waals surface area contributed by atoms with Crippen LogP contribution in [0.25, 0.3) is 0 Å². The van der Waals surface area contributed by atoms with Crippen molar-refractivity contribution < 1.29 is 8.42 Å². The fraction of sp³-hybridized carbons (Fsp3) is 1.00. The van der Waals surface area contributed by atoms with E-state index in [4.69, 9.17) is 0 Å². The van der Waals surface area contributed by atoms with Crippen LogP contribution in [0.2, 0.25) is 0 Å². The van der Waals surface area contributed by atoms with Crippen LogP contribution in [0.15, 0.2) is 0 Å². The smallest absolute Gasteiger partial charge is 0.280 e. The fourth-order valence-electron chi connectivity index (χ4n) is 0.997. The molecule has 0 aromatic carbocycles. The molecule has 0 unspecified atom stereocenters. The topological polar surface area (TPSA) is 61.4 Å². The van der Waals surface area contributed by atoms with E-state index in [2.05, 4.69) is 10.0 Å². The molecular formula is C5H13N3O2S. The lowest BCUT2D eigenvalue weighted by Gasteiger charge is -2.25. The summed E-state index contributed by atoms with van der Waals surface area (Å²) in [5.41, 5.74) is 0. The maximum atomic E-state index is 11.1. The van der Waals surface area contributed by atoms with Crippen molar-refractivity contribution in [1.29, 1.82) is 0 Å². The average molecular weight is 179 g/mol. The summed E-state index contributed by atoms with van der Waals surface area (Å²) in [5, 5.41) is 2.98. The summed E-state index contributed by atoms with van der Waals surface area (Å²) in [6.07, 6.45) is 0.876. The maximum Gasteiger partial charge on any atom is 0.280 e. The Labute approximate surface area is 66.9 Å². The van der Waals surface area contributed by atoms with Crippen LogP contribution in [0, 0.1) is 0 Å². The Kier molecular flexibility index (Phi) is 2.83. The molecule has 1 heterocycles. The van der Waals surface area contributed by atoms with Crippen LogP contribution >= 0.6 is 0 Å². The highest BCUT2D eigenvalue weighted by atomic mass is 32.2. The maximum absolute atomic E-state index is 11.1. The van der Waals surface area contributed by atoms with Crippen LogP contribution in [0.1, 0.15) is 6.42 Å². The van der Waals surface area contributed by atoms with E-state index >= 15 is 0 Å². The molecule has 1 aliphatic rings. The van der Waals surface area contributed by atoms with Gasteiger partial charge in [-0.1, -0.05) is 0 Å². The summed E-state index contributed by atoms with van der Waals surface area (Å²) in [6, 6.07) is 0. The van der Waals surface area contributed by atoms with Gasteiger partial charge in [0.05, 0.1) is 6.67 Å². The van der Waals surface area contributed by atoms with Gasteiger partial charge in [0.25, 0.3) is 10.2 Å². The minimum absolute atomic E-state index is 0.420. The van der Waals surface area contributed by atoms with Crippen LogP contribution in [0.5, 0.6) is 0 Å². The molecule has 11 heavy (non-hydrogen) atoms. The van der Waals surface area contributed by atoms with Crippen molar-refractivity contribution >= 4 is 10.2 Å². The van der Waals surface area contributed by atoms with Gasteiger partial charge in [0.15, 0.2) is 0 Å². The third-order valence-corrected chi connectivity index (χ3v) is 3.15. The van der Waals surface area contributed by atoms with Crippen molar-refractivity contribution in [2.45, 2.75) is 6.42 Å². The van der Waals surface area contributed by atoms with Crippen LogP contribution in [0.3, 0.4) is 0 Å². The van der Waals surface area contributed by atoms with Gasteiger partial charge < -0.3 is 5.32 Å². The van der Waals surface area contributed by atoms with Crippen molar-refractivity contribution in [3.8, 4) is 0 Å². The first kappa shape index (κ1) is 8.92. The molecule has 1 aliphatic heterocycles. The molecule has 0 atom stereocenters. The van der Waals surface area contributed by atoms with Gasteiger partial charge in [-0.25, -0.2) is 4.72 Å². The second-order valence-corrected chi connectivity index (χ2v) is 4.27. The van der Waals surface area contributed by atoms with E-state index in [1.807, 2.05) is 0 Å². The first-order valence-corrected chi connectivity index (χ1v) is 5.00.